The average Bonchev–Trinajstić information content (AvgIpc) is 2.34. The van der Waals surface area contributed by atoms with Gasteiger partial charge in [-0.15, -0.1) is 11.6 Å². The van der Waals surface area contributed by atoms with Gasteiger partial charge in [-0.2, -0.15) is 0 Å². The lowest BCUT2D eigenvalue weighted by molar-refractivity contribution is -0.385. The van der Waals surface area contributed by atoms with Crippen LogP contribution in [-0.2, 0) is 0 Å². The van der Waals surface area contributed by atoms with E-state index in [0.29, 0.717) is 18.8 Å². The molecule has 1 rings (SSSR count). The summed E-state index contributed by atoms with van der Waals surface area (Å²) in [7, 11) is 0. The molecule has 0 bridgehead atoms. The first-order valence-electron chi connectivity index (χ1n) is 5.34. The van der Waals surface area contributed by atoms with E-state index in [4.69, 9.17) is 11.6 Å². The van der Waals surface area contributed by atoms with E-state index in [0.717, 1.165) is 24.6 Å². The van der Waals surface area contributed by atoms with Crippen molar-refractivity contribution in [2.45, 2.75) is 12.8 Å². The minimum Gasteiger partial charge on any atom is -0.352 e. The Labute approximate surface area is 108 Å². The van der Waals surface area contributed by atoms with Gasteiger partial charge in [0, 0.05) is 18.5 Å². The van der Waals surface area contributed by atoms with Gasteiger partial charge in [0.25, 0.3) is 11.6 Å². The van der Waals surface area contributed by atoms with Crippen LogP contribution in [-0.4, -0.2) is 23.3 Å². The number of rotatable bonds is 6. The van der Waals surface area contributed by atoms with Crippen molar-refractivity contribution in [3.63, 3.8) is 0 Å². The molecule has 1 aromatic carbocycles. The molecule has 98 valence electrons. The van der Waals surface area contributed by atoms with Crippen LogP contribution in [0, 0.1) is 15.9 Å². The van der Waals surface area contributed by atoms with E-state index in [1.54, 1.807) is 0 Å². The van der Waals surface area contributed by atoms with Crippen molar-refractivity contribution in [2.75, 3.05) is 12.4 Å². The van der Waals surface area contributed by atoms with Gasteiger partial charge in [-0.05, 0) is 18.9 Å². The number of carbonyl (C=O) groups excluding carboxylic acids is 1. The first-order valence-corrected chi connectivity index (χ1v) is 5.88. The summed E-state index contributed by atoms with van der Waals surface area (Å²) >= 11 is 5.47. The van der Waals surface area contributed by atoms with Crippen LogP contribution in [0.25, 0.3) is 0 Å². The molecule has 0 radical (unpaired) electrons. The Hall–Kier alpha value is -1.69. The van der Waals surface area contributed by atoms with Gasteiger partial charge in [0.15, 0.2) is 0 Å². The van der Waals surface area contributed by atoms with E-state index in [1.165, 1.54) is 0 Å². The maximum absolute atomic E-state index is 13.4. The molecule has 0 saturated carbocycles. The number of unbranched alkanes of at least 4 members (excludes halogenated alkanes) is 1. The van der Waals surface area contributed by atoms with E-state index in [2.05, 4.69) is 5.32 Å². The molecule has 0 aliphatic heterocycles. The fourth-order valence-corrected chi connectivity index (χ4v) is 1.51. The summed E-state index contributed by atoms with van der Waals surface area (Å²) in [6, 6.07) is 2.93. The van der Waals surface area contributed by atoms with Crippen LogP contribution < -0.4 is 5.32 Å². The Kier molecular flexibility index (Phi) is 5.51. The molecule has 0 fully saturated rings. The lowest BCUT2D eigenvalue weighted by Gasteiger charge is -2.05. The Morgan fingerprint density at radius 3 is 2.72 bits per heavy atom. The third kappa shape index (κ3) is 3.96. The smallest absolute Gasteiger partial charge is 0.272 e. The molecule has 0 spiro atoms. The van der Waals surface area contributed by atoms with Crippen molar-refractivity contribution in [1.29, 1.82) is 0 Å². The van der Waals surface area contributed by atoms with Crippen molar-refractivity contribution >= 4 is 23.2 Å². The molecule has 0 saturated heterocycles. The van der Waals surface area contributed by atoms with Crippen LogP contribution >= 0.6 is 11.6 Å². The number of hydrogen-bond acceptors (Lipinski definition) is 3. The third-order valence-corrected chi connectivity index (χ3v) is 2.52. The van der Waals surface area contributed by atoms with Crippen LogP contribution in [0.4, 0.5) is 10.1 Å². The standard InChI is InChI=1S/C11H12ClFN2O3/c12-5-1-2-6-14-11(16)9-4-3-8(15(17)18)7-10(9)13/h3-4,7H,1-2,5-6H2,(H,14,16). The van der Waals surface area contributed by atoms with Gasteiger partial charge in [0.05, 0.1) is 16.6 Å². The number of amides is 1. The Bertz CT molecular complexity index is 454. The predicted octanol–water partition coefficient (Wildman–Crippen LogP) is 2.48. The zero-order valence-electron chi connectivity index (χ0n) is 9.49. The quantitative estimate of drug-likeness (QED) is 0.375. The zero-order valence-corrected chi connectivity index (χ0v) is 10.2. The topological polar surface area (TPSA) is 72.2 Å². The molecule has 5 nitrogen and oxygen atoms in total. The highest BCUT2D eigenvalue weighted by molar-refractivity contribution is 6.17. The summed E-state index contributed by atoms with van der Waals surface area (Å²) < 4.78 is 13.4. The number of hydrogen-bond donors (Lipinski definition) is 1. The van der Waals surface area contributed by atoms with Crippen LogP contribution in [0.2, 0.25) is 0 Å². The second kappa shape index (κ2) is 6.90. The number of nitrogens with zero attached hydrogens (tertiary/aromatic N) is 1. The summed E-state index contributed by atoms with van der Waals surface area (Å²) in [5.74, 6) is -0.988. The van der Waals surface area contributed by atoms with E-state index in [9.17, 15) is 19.3 Å². The van der Waals surface area contributed by atoms with Crippen molar-refractivity contribution in [2.24, 2.45) is 0 Å². The van der Waals surface area contributed by atoms with Crippen LogP contribution in [0.3, 0.4) is 0 Å². The van der Waals surface area contributed by atoms with Gasteiger partial charge < -0.3 is 5.32 Å². The highest BCUT2D eigenvalue weighted by Crippen LogP contribution is 2.16. The number of non-ortho nitro benzene ring substituents is 1. The first-order chi connectivity index (χ1) is 8.56. The van der Waals surface area contributed by atoms with Crippen molar-refractivity contribution in [1.82, 2.24) is 5.32 Å². The van der Waals surface area contributed by atoms with E-state index in [1.807, 2.05) is 0 Å². The van der Waals surface area contributed by atoms with Crippen LogP contribution in [0.15, 0.2) is 18.2 Å². The lowest BCUT2D eigenvalue weighted by Crippen LogP contribution is -2.25. The van der Waals surface area contributed by atoms with E-state index in [-0.39, 0.29) is 11.3 Å². The molecule has 7 heteroatoms. The van der Waals surface area contributed by atoms with E-state index >= 15 is 0 Å². The van der Waals surface area contributed by atoms with Crippen LogP contribution in [0.5, 0.6) is 0 Å². The van der Waals surface area contributed by atoms with Crippen molar-refractivity contribution in [3.8, 4) is 0 Å². The largest absolute Gasteiger partial charge is 0.352 e. The highest BCUT2D eigenvalue weighted by atomic mass is 35.5. The van der Waals surface area contributed by atoms with Crippen molar-refractivity contribution < 1.29 is 14.1 Å². The second-order valence-corrected chi connectivity index (χ2v) is 3.95. The summed E-state index contributed by atoms with van der Waals surface area (Å²) in [4.78, 5) is 21.2. The van der Waals surface area contributed by atoms with Crippen LogP contribution in [0.1, 0.15) is 23.2 Å². The maximum atomic E-state index is 13.4. The fourth-order valence-electron chi connectivity index (χ4n) is 1.32. The Morgan fingerprint density at radius 2 is 2.17 bits per heavy atom. The van der Waals surface area contributed by atoms with Gasteiger partial charge in [-0.25, -0.2) is 4.39 Å². The van der Waals surface area contributed by atoms with Gasteiger partial charge >= 0.3 is 0 Å². The predicted molar refractivity (Wildman–Crippen MR) is 65.3 cm³/mol. The molecule has 0 heterocycles. The van der Waals surface area contributed by atoms with Gasteiger partial charge in [0.2, 0.25) is 0 Å². The molecule has 0 aliphatic carbocycles. The van der Waals surface area contributed by atoms with Gasteiger partial charge in [-0.1, -0.05) is 0 Å². The normalized spacial score (nSPS) is 10.1. The first kappa shape index (κ1) is 14.4. The number of alkyl halides is 1. The number of halogens is 2. The van der Waals surface area contributed by atoms with Crippen molar-refractivity contribution in [3.05, 3.63) is 39.7 Å². The monoisotopic (exact) mass is 274 g/mol. The van der Waals surface area contributed by atoms with Gasteiger partial charge in [-0.3, -0.25) is 14.9 Å². The molecule has 0 atom stereocenters. The highest BCUT2D eigenvalue weighted by Gasteiger charge is 2.15. The third-order valence-electron chi connectivity index (χ3n) is 2.25. The summed E-state index contributed by atoms with van der Waals surface area (Å²) in [6.45, 7) is 0.391. The molecule has 0 unspecified atom stereocenters. The summed E-state index contributed by atoms with van der Waals surface area (Å²) in [5, 5.41) is 12.9. The molecule has 0 aromatic heterocycles. The Balaban J connectivity index is 2.66. The number of benzene rings is 1. The summed E-state index contributed by atoms with van der Waals surface area (Å²) in [5.41, 5.74) is -0.585. The SMILES string of the molecule is O=C(NCCCCCl)c1ccc([N+](=O)[O-])cc1F. The molecule has 1 aromatic rings. The molecular formula is C11H12ClFN2O3. The lowest BCUT2D eigenvalue weighted by atomic mass is 10.1. The second-order valence-electron chi connectivity index (χ2n) is 3.57. The van der Waals surface area contributed by atoms with E-state index < -0.39 is 16.6 Å². The average molecular weight is 275 g/mol. The zero-order chi connectivity index (χ0) is 13.5. The van der Waals surface area contributed by atoms with Gasteiger partial charge in [0.1, 0.15) is 5.82 Å². The molecule has 0 aliphatic rings. The fraction of sp³-hybridized carbons (Fsp3) is 0.364. The molecule has 1 amide bonds. The number of carbonyl (C=O) groups is 1. The number of nitrogens with one attached hydrogen (secondary N) is 1. The molecule has 1 N–H and O–H groups in total. The molecular weight excluding hydrogens is 263 g/mol. The maximum Gasteiger partial charge on any atom is 0.272 e. The minimum atomic E-state index is -0.904. The Morgan fingerprint density at radius 1 is 1.44 bits per heavy atom. The molecule has 18 heavy (non-hydrogen) atoms. The number of nitro benzene ring substituents is 1. The minimum absolute atomic E-state index is 0.202. The number of nitro groups is 1. The summed E-state index contributed by atoms with van der Waals surface area (Å²) in [6.07, 6.45) is 1.45.